The Morgan fingerprint density at radius 3 is 2.28 bits per heavy atom. The fraction of sp³-hybridized carbons (Fsp3) is 1.00. The minimum absolute atomic E-state index is 0.430. The predicted molar refractivity (Wildman–Crippen MR) is 77.9 cm³/mol. The van der Waals surface area contributed by atoms with Crippen molar-refractivity contribution in [1.29, 1.82) is 0 Å². The van der Waals surface area contributed by atoms with Crippen LogP contribution in [0.4, 0.5) is 0 Å². The van der Waals surface area contributed by atoms with E-state index < -0.39 is 5.60 Å². The van der Waals surface area contributed by atoms with Gasteiger partial charge in [0.05, 0.1) is 5.60 Å². The lowest BCUT2D eigenvalue weighted by molar-refractivity contribution is 0.0124. The largest absolute Gasteiger partial charge is 0.388 e. The van der Waals surface area contributed by atoms with Gasteiger partial charge < -0.3 is 15.3 Å². The molecule has 18 heavy (non-hydrogen) atoms. The molecule has 0 radical (unpaired) electrons. The average Bonchev–Trinajstić information content (AvgIpc) is 2.54. The second-order valence-corrected chi connectivity index (χ2v) is 6.59. The van der Waals surface area contributed by atoms with Crippen molar-refractivity contribution in [3.63, 3.8) is 0 Å². The van der Waals surface area contributed by atoms with Crippen molar-refractivity contribution in [2.24, 2.45) is 0 Å². The number of hydrogen-bond acceptors (Lipinski definition) is 3. The van der Waals surface area contributed by atoms with Crippen LogP contribution >= 0.6 is 0 Å². The van der Waals surface area contributed by atoms with Crippen LogP contribution in [-0.4, -0.2) is 47.8 Å². The lowest BCUT2D eigenvalue weighted by Crippen LogP contribution is -2.50. The normalized spacial score (nSPS) is 22.2. The van der Waals surface area contributed by atoms with Gasteiger partial charge in [0.1, 0.15) is 0 Å². The molecule has 0 amide bonds. The van der Waals surface area contributed by atoms with Crippen LogP contribution in [0.3, 0.4) is 0 Å². The maximum Gasteiger partial charge on any atom is 0.0869 e. The summed E-state index contributed by atoms with van der Waals surface area (Å²) in [6.07, 6.45) is 8.06. The Bertz CT molecular complexity index is 221. The molecule has 2 N–H and O–H groups in total. The number of nitrogens with one attached hydrogen (secondary N) is 1. The molecule has 3 nitrogen and oxygen atoms in total. The summed E-state index contributed by atoms with van der Waals surface area (Å²) in [5.74, 6) is 0. The third-order valence-electron chi connectivity index (χ3n) is 3.93. The molecular formula is C15H32N2O. The van der Waals surface area contributed by atoms with Gasteiger partial charge in [-0.3, -0.25) is 0 Å². The highest BCUT2D eigenvalue weighted by molar-refractivity contribution is 4.83. The maximum absolute atomic E-state index is 10.4. The van der Waals surface area contributed by atoms with Crippen LogP contribution in [0.1, 0.15) is 59.3 Å². The van der Waals surface area contributed by atoms with E-state index in [2.05, 4.69) is 31.1 Å². The number of nitrogens with zero attached hydrogens (tertiary/aromatic N) is 1. The van der Waals surface area contributed by atoms with Gasteiger partial charge in [0.25, 0.3) is 0 Å². The first-order valence-corrected chi connectivity index (χ1v) is 7.57. The molecule has 0 aromatic rings. The first kappa shape index (κ1) is 15.9. The van der Waals surface area contributed by atoms with Gasteiger partial charge >= 0.3 is 0 Å². The van der Waals surface area contributed by atoms with Gasteiger partial charge in [0.2, 0.25) is 0 Å². The lowest BCUT2D eigenvalue weighted by atomic mass is 10.0. The van der Waals surface area contributed by atoms with Gasteiger partial charge in [0, 0.05) is 25.2 Å². The van der Waals surface area contributed by atoms with E-state index in [1.165, 1.54) is 38.5 Å². The topological polar surface area (TPSA) is 35.5 Å². The summed E-state index contributed by atoms with van der Waals surface area (Å²) >= 11 is 0. The number of rotatable bonds is 6. The second kappa shape index (κ2) is 7.46. The molecule has 0 aliphatic heterocycles. The Labute approximate surface area is 113 Å². The smallest absolute Gasteiger partial charge is 0.0869 e. The summed E-state index contributed by atoms with van der Waals surface area (Å²) in [5, 5.41) is 13.8. The highest BCUT2D eigenvalue weighted by Crippen LogP contribution is 2.22. The van der Waals surface area contributed by atoms with Crippen molar-refractivity contribution < 1.29 is 5.11 Å². The van der Waals surface area contributed by atoms with E-state index in [-0.39, 0.29) is 0 Å². The molecule has 1 rings (SSSR count). The molecule has 0 spiro atoms. The van der Waals surface area contributed by atoms with Crippen molar-refractivity contribution in [1.82, 2.24) is 10.2 Å². The van der Waals surface area contributed by atoms with E-state index >= 15 is 0 Å². The molecule has 1 aliphatic carbocycles. The summed E-state index contributed by atoms with van der Waals surface area (Å²) in [6, 6.07) is 1.10. The molecule has 0 aromatic heterocycles. The van der Waals surface area contributed by atoms with Crippen molar-refractivity contribution in [2.75, 3.05) is 20.1 Å². The lowest BCUT2D eigenvalue weighted by Gasteiger charge is -2.34. The Balaban J connectivity index is 2.38. The first-order valence-electron chi connectivity index (χ1n) is 7.57. The molecular weight excluding hydrogens is 224 g/mol. The summed E-state index contributed by atoms with van der Waals surface area (Å²) < 4.78 is 0. The van der Waals surface area contributed by atoms with Crippen LogP contribution < -0.4 is 5.32 Å². The van der Waals surface area contributed by atoms with E-state index in [0.29, 0.717) is 18.6 Å². The van der Waals surface area contributed by atoms with Crippen LogP contribution in [0.5, 0.6) is 0 Å². The van der Waals surface area contributed by atoms with Gasteiger partial charge in [-0.05, 0) is 26.8 Å². The number of hydrogen-bond donors (Lipinski definition) is 2. The van der Waals surface area contributed by atoms with E-state index in [0.717, 1.165) is 6.54 Å². The Morgan fingerprint density at radius 2 is 1.78 bits per heavy atom. The monoisotopic (exact) mass is 256 g/mol. The van der Waals surface area contributed by atoms with Crippen LogP contribution in [0.25, 0.3) is 0 Å². The zero-order chi connectivity index (χ0) is 13.6. The Morgan fingerprint density at radius 1 is 1.22 bits per heavy atom. The second-order valence-electron chi connectivity index (χ2n) is 6.59. The fourth-order valence-corrected chi connectivity index (χ4v) is 2.84. The zero-order valence-corrected chi connectivity index (χ0v) is 12.7. The summed E-state index contributed by atoms with van der Waals surface area (Å²) in [5.41, 5.74) is -0.634. The zero-order valence-electron chi connectivity index (χ0n) is 12.7. The quantitative estimate of drug-likeness (QED) is 0.716. The fourth-order valence-electron chi connectivity index (χ4n) is 2.84. The van der Waals surface area contributed by atoms with Crippen LogP contribution in [0, 0.1) is 0 Å². The molecule has 3 heteroatoms. The summed E-state index contributed by atoms with van der Waals surface area (Å²) in [4.78, 5) is 2.37. The number of aliphatic hydroxyl groups is 1. The third kappa shape index (κ3) is 6.17. The van der Waals surface area contributed by atoms with E-state index in [1.54, 1.807) is 0 Å². The molecule has 1 aliphatic rings. The standard InChI is InChI=1S/C15H32N2O/c1-13(2)16-11-15(3,18)12-17(4)14-9-7-5-6-8-10-14/h13-14,16,18H,5-12H2,1-4H3. The molecule has 0 heterocycles. The minimum atomic E-state index is -0.634. The van der Waals surface area contributed by atoms with Gasteiger partial charge in [-0.2, -0.15) is 0 Å². The van der Waals surface area contributed by atoms with Crippen molar-refractivity contribution >= 4 is 0 Å². The van der Waals surface area contributed by atoms with Crippen molar-refractivity contribution in [3.8, 4) is 0 Å². The van der Waals surface area contributed by atoms with Gasteiger partial charge in [0.15, 0.2) is 0 Å². The molecule has 1 unspecified atom stereocenters. The van der Waals surface area contributed by atoms with Crippen LogP contribution in [-0.2, 0) is 0 Å². The van der Waals surface area contributed by atoms with E-state index in [4.69, 9.17) is 0 Å². The molecule has 0 aromatic carbocycles. The van der Waals surface area contributed by atoms with Crippen LogP contribution in [0.15, 0.2) is 0 Å². The minimum Gasteiger partial charge on any atom is -0.388 e. The van der Waals surface area contributed by atoms with Gasteiger partial charge in [-0.25, -0.2) is 0 Å². The van der Waals surface area contributed by atoms with E-state index in [1.807, 2.05) is 6.92 Å². The van der Waals surface area contributed by atoms with Gasteiger partial charge in [-0.1, -0.05) is 39.5 Å². The van der Waals surface area contributed by atoms with Crippen molar-refractivity contribution in [3.05, 3.63) is 0 Å². The SMILES string of the molecule is CC(C)NCC(C)(O)CN(C)C1CCCCCC1. The first-order chi connectivity index (χ1) is 8.41. The maximum atomic E-state index is 10.4. The van der Waals surface area contributed by atoms with Crippen molar-refractivity contribution in [2.45, 2.75) is 77.0 Å². The Kier molecular flexibility index (Phi) is 6.61. The van der Waals surface area contributed by atoms with E-state index in [9.17, 15) is 5.11 Å². The van der Waals surface area contributed by atoms with Crippen LogP contribution in [0.2, 0.25) is 0 Å². The summed E-state index contributed by atoms with van der Waals surface area (Å²) in [7, 11) is 2.17. The predicted octanol–water partition coefficient (Wildman–Crippen LogP) is 2.39. The Hall–Kier alpha value is -0.120. The molecule has 0 bridgehead atoms. The molecule has 1 saturated carbocycles. The summed E-state index contributed by atoms with van der Waals surface area (Å²) in [6.45, 7) is 7.60. The number of likely N-dealkylation sites (N-methyl/N-ethyl adjacent to an activating group) is 1. The molecule has 1 fully saturated rings. The highest BCUT2D eigenvalue weighted by Gasteiger charge is 2.26. The molecule has 0 saturated heterocycles. The van der Waals surface area contributed by atoms with Gasteiger partial charge in [-0.15, -0.1) is 0 Å². The third-order valence-corrected chi connectivity index (χ3v) is 3.93. The molecule has 108 valence electrons. The molecule has 1 atom stereocenters. The highest BCUT2D eigenvalue weighted by atomic mass is 16.3. The average molecular weight is 256 g/mol.